The number of imide groups is 1. The number of carbonyl (C=O) groups is 3. The third kappa shape index (κ3) is 7.95. The average molecular weight is 587 g/mol. The topological polar surface area (TPSA) is 140 Å². The van der Waals surface area contributed by atoms with Crippen LogP contribution in [0.2, 0.25) is 5.02 Å². The van der Waals surface area contributed by atoms with Gasteiger partial charge in [-0.25, -0.2) is 9.78 Å². The molecule has 1 aromatic heterocycles. The minimum Gasteiger partial charge on any atom is -0.438 e. The molecule has 0 saturated heterocycles. The smallest absolute Gasteiger partial charge is 0.326 e. The van der Waals surface area contributed by atoms with Crippen LogP contribution in [0.15, 0.2) is 42.5 Å². The number of benzene rings is 2. The summed E-state index contributed by atoms with van der Waals surface area (Å²) in [5.74, 6) is -1.28. The van der Waals surface area contributed by atoms with E-state index in [0.717, 1.165) is 26.6 Å². The summed E-state index contributed by atoms with van der Waals surface area (Å²) >= 11 is 8.14. The average Bonchev–Trinajstić information content (AvgIpc) is 3.33. The molecule has 0 aliphatic rings. The number of hydrogen-bond donors (Lipinski definition) is 3. The van der Waals surface area contributed by atoms with Crippen LogP contribution < -0.4 is 10.6 Å². The summed E-state index contributed by atoms with van der Waals surface area (Å²) in [6.45, 7) is 6.40. The molecule has 0 fully saturated rings. The Hall–Kier alpha value is -3.64. The third-order valence-electron chi connectivity index (χ3n) is 5.86. The highest BCUT2D eigenvalue weighted by Crippen LogP contribution is 2.43. The van der Waals surface area contributed by atoms with E-state index in [2.05, 4.69) is 5.32 Å². The highest BCUT2D eigenvalue weighted by molar-refractivity contribution is 7.12. The highest BCUT2D eigenvalue weighted by Gasteiger charge is 2.33. The maximum absolute atomic E-state index is 12.6. The van der Waals surface area contributed by atoms with E-state index >= 15 is 0 Å². The molecule has 1 heterocycles. The molecule has 0 spiro atoms. The Balaban J connectivity index is 1.90. The summed E-state index contributed by atoms with van der Waals surface area (Å²) in [5.41, 5.74) is 2.86. The van der Waals surface area contributed by atoms with Crippen molar-refractivity contribution in [1.29, 1.82) is 5.41 Å². The molecule has 0 bridgehead atoms. The zero-order chi connectivity index (χ0) is 29.3. The highest BCUT2D eigenvalue weighted by atomic mass is 35.5. The zero-order valence-electron chi connectivity index (χ0n) is 22.6. The predicted octanol–water partition coefficient (Wildman–Crippen LogP) is 5.10. The van der Waals surface area contributed by atoms with Crippen LogP contribution in [0.4, 0.5) is 10.5 Å². The van der Waals surface area contributed by atoms with Crippen molar-refractivity contribution in [3.8, 4) is 11.3 Å². The second-order valence-electron chi connectivity index (χ2n) is 9.23. The van der Waals surface area contributed by atoms with Crippen molar-refractivity contribution in [1.82, 2.24) is 10.3 Å². The number of nitrogens with zero attached hydrogens (tertiary/aromatic N) is 1. The van der Waals surface area contributed by atoms with E-state index in [0.29, 0.717) is 35.8 Å². The van der Waals surface area contributed by atoms with Gasteiger partial charge < -0.3 is 24.9 Å². The fourth-order valence-electron chi connectivity index (χ4n) is 4.08. The number of rotatable bonds is 12. The van der Waals surface area contributed by atoms with Crippen molar-refractivity contribution < 1.29 is 28.6 Å². The molecule has 10 nitrogen and oxygen atoms in total. The summed E-state index contributed by atoms with van der Waals surface area (Å²) < 4.78 is 15.4. The number of amides is 3. The summed E-state index contributed by atoms with van der Waals surface area (Å²) in [6.07, 6.45) is 0.524. The minimum absolute atomic E-state index is 0.0186. The first-order valence-electron chi connectivity index (χ1n) is 12.3. The first-order valence-corrected chi connectivity index (χ1v) is 13.5. The number of anilines is 1. The molecule has 0 saturated carbocycles. The normalized spacial score (nSPS) is 11.1. The Morgan fingerprint density at radius 3 is 2.52 bits per heavy atom. The van der Waals surface area contributed by atoms with Crippen molar-refractivity contribution >= 4 is 52.7 Å². The van der Waals surface area contributed by atoms with Gasteiger partial charge in [-0.1, -0.05) is 41.9 Å². The van der Waals surface area contributed by atoms with Gasteiger partial charge in [0.05, 0.1) is 31.5 Å². The number of esters is 1. The Kier molecular flexibility index (Phi) is 10.9. The molecule has 40 heavy (non-hydrogen) atoms. The summed E-state index contributed by atoms with van der Waals surface area (Å²) in [6, 6.07) is 12.1. The van der Waals surface area contributed by atoms with E-state index in [1.165, 1.54) is 11.3 Å². The lowest BCUT2D eigenvalue weighted by Crippen LogP contribution is -2.34. The van der Waals surface area contributed by atoms with Crippen molar-refractivity contribution in [3.05, 3.63) is 68.5 Å². The van der Waals surface area contributed by atoms with E-state index in [1.54, 1.807) is 19.2 Å². The number of nitrogens with one attached hydrogen (secondary N) is 3. The second kappa shape index (κ2) is 14.1. The molecule has 12 heteroatoms. The largest absolute Gasteiger partial charge is 0.438 e. The molecular formula is C28H31ClN4O6S. The fraction of sp³-hybridized carbons (Fsp3) is 0.321. The van der Waals surface area contributed by atoms with Crippen molar-refractivity contribution in [2.24, 2.45) is 0 Å². The van der Waals surface area contributed by atoms with Crippen LogP contribution >= 0.6 is 22.9 Å². The monoisotopic (exact) mass is 586 g/mol. The molecule has 3 rings (SSSR count). The Labute approximate surface area is 241 Å². The lowest BCUT2D eigenvalue weighted by atomic mass is 9.82. The van der Waals surface area contributed by atoms with Crippen molar-refractivity contribution in [3.63, 3.8) is 0 Å². The molecule has 0 unspecified atom stereocenters. The molecule has 0 aliphatic heterocycles. The maximum atomic E-state index is 12.6. The minimum atomic E-state index is -0.839. The summed E-state index contributed by atoms with van der Waals surface area (Å²) in [5, 5.41) is 12.6. The quantitative estimate of drug-likeness (QED) is 0.116. The molecule has 0 aliphatic carbocycles. The number of carbonyl (C=O) groups excluding carboxylic acids is 3. The first-order chi connectivity index (χ1) is 19.1. The van der Waals surface area contributed by atoms with E-state index in [-0.39, 0.29) is 13.2 Å². The van der Waals surface area contributed by atoms with Gasteiger partial charge in [-0.3, -0.25) is 14.9 Å². The van der Waals surface area contributed by atoms with Gasteiger partial charge in [-0.05, 0) is 44.0 Å². The van der Waals surface area contributed by atoms with Crippen LogP contribution in [-0.2, 0) is 35.6 Å². The number of halogens is 1. The first kappa shape index (κ1) is 30.9. The number of urea groups is 1. The van der Waals surface area contributed by atoms with E-state index in [9.17, 15) is 14.4 Å². The number of thiazole rings is 1. The van der Waals surface area contributed by atoms with E-state index in [1.807, 2.05) is 56.4 Å². The Morgan fingerprint density at radius 1 is 1.15 bits per heavy atom. The van der Waals surface area contributed by atoms with Crippen molar-refractivity contribution in [2.75, 3.05) is 32.4 Å². The van der Waals surface area contributed by atoms with Gasteiger partial charge in [0, 0.05) is 33.7 Å². The maximum Gasteiger partial charge on any atom is 0.326 e. The summed E-state index contributed by atoms with van der Waals surface area (Å²) in [4.78, 5) is 41.7. The molecule has 0 atom stereocenters. The molecule has 3 aromatic rings. The number of aryl methyl sites for hydroxylation is 1. The Bertz CT molecular complexity index is 1350. The fourth-order valence-corrected chi connectivity index (χ4v) is 5.76. The van der Waals surface area contributed by atoms with Crippen LogP contribution in [0.1, 0.15) is 34.9 Å². The SMILES string of the molecule is COCCOCOC(=O)Cc1sc(C(C)(C)c2c(C)cc(NC(=O)NC(=O)C=N)cc2Cl)nc1-c1ccccc1. The van der Waals surface area contributed by atoms with Gasteiger partial charge in [-0.15, -0.1) is 11.3 Å². The lowest BCUT2D eigenvalue weighted by molar-refractivity contribution is -0.156. The third-order valence-corrected chi connectivity index (χ3v) is 7.53. The van der Waals surface area contributed by atoms with E-state index < -0.39 is 23.3 Å². The number of ether oxygens (including phenoxy) is 3. The number of hydrogen-bond acceptors (Lipinski definition) is 9. The van der Waals surface area contributed by atoms with Gasteiger partial charge >= 0.3 is 12.0 Å². The molecule has 3 N–H and O–H groups in total. The summed E-state index contributed by atoms with van der Waals surface area (Å²) in [7, 11) is 1.56. The number of aromatic nitrogens is 1. The molecule has 2 aromatic carbocycles. The number of methoxy groups -OCH3 is 1. The van der Waals surface area contributed by atoms with Crippen LogP contribution in [0.5, 0.6) is 0 Å². The molecule has 3 amide bonds. The van der Waals surface area contributed by atoms with Crippen LogP contribution in [0.25, 0.3) is 11.3 Å². The van der Waals surface area contributed by atoms with Crippen LogP contribution in [-0.4, -0.2) is 56.2 Å². The van der Waals surface area contributed by atoms with E-state index in [4.69, 9.17) is 36.2 Å². The van der Waals surface area contributed by atoms with Crippen molar-refractivity contribution in [2.45, 2.75) is 32.6 Å². The van der Waals surface area contributed by atoms with Gasteiger partial charge in [0.2, 0.25) is 0 Å². The molecular weight excluding hydrogens is 556 g/mol. The molecule has 212 valence electrons. The second-order valence-corrected chi connectivity index (χ2v) is 10.7. The standard InChI is InChI=1S/C28H31ClN4O6S/c1-17-12-19(31-27(36)32-22(34)15-30)13-20(29)24(17)28(2,3)26-33-25(18-8-6-5-7-9-18)21(40-26)14-23(35)39-16-38-11-10-37-4/h5-9,12-13,15,30H,10-11,14,16H2,1-4H3,(H2,31,32,34,36). The molecule has 0 radical (unpaired) electrons. The Morgan fingerprint density at radius 2 is 1.88 bits per heavy atom. The van der Waals surface area contributed by atoms with Crippen LogP contribution in [0.3, 0.4) is 0 Å². The zero-order valence-corrected chi connectivity index (χ0v) is 24.2. The van der Waals surface area contributed by atoms with Gasteiger partial charge in [0.1, 0.15) is 5.01 Å². The van der Waals surface area contributed by atoms with Gasteiger partial charge in [0.25, 0.3) is 5.91 Å². The van der Waals surface area contributed by atoms with Crippen LogP contribution in [0, 0.1) is 12.3 Å². The predicted molar refractivity (Wildman–Crippen MR) is 154 cm³/mol. The van der Waals surface area contributed by atoms with Gasteiger partial charge in [-0.2, -0.15) is 0 Å². The van der Waals surface area contributed by atoms with Gasteiger partial charge in [0.15, 0.2) is 6.79 Å². The lowest BCUT2D eigenvalue weighted by Gasteiger charge is -2.27.